The van der Waals surface area contributed by atoms with Crippen molar-refractivity contribution < 1.29 is 9.13 Å². The summed E-state index contributed by atoms with van der Waals surface area (Å²) in [7, 11) is 0. The maximum atomic E-state index is 11.7. The van der Waals surface area contributed by atoms with Crippen LogP contribution in [-0.2, 0) is 4.74 Å². The second kappa shape index (κ2) is 3.30. The van der Waals surface area contributed by atoms with Crippen LogP contribution in [0.1, 0.15) is 19.3 Å². The molecule has 1 atom stereocenters. The van der Waals surface area contributed by atoms with Crippen LogP contribution in [-0.4, -0.2) is 25.4 Å². The molecule has 0 aliphatic carbocycles. The maximum Gasteiger partial charge on any atom is 0.0895 e. The topological polar surface area (TPSA) is 35.2 Å². The monoisotopic (exact) mass is 147 g/mol. The summed E-state index contributed by atoms with van der Waals surface area (Å²) in [5, 5.41) is 0. The van der Waals surface area contributed by atoms with E-state index in [0.29, 0.717) is 13.0 Å². The molecule has 1 heterocycles. The molecule has 0 aromatic rings. The largest absolute Gasteiger partial charge is 0.379 e. The Morgan fingerprint density at radius 1 is 1.60 bits per heavy atom. The van der Waals surface area contributed by atoms with E-state index in [1.54, 1.807) is 0 Å². The van der Waals surface area contributed by atoms with Crippen LogP contribution in [0.5, 0.6) is 0 Å². The van der Waals surface area contributed by atoms with Crippen LogP contribution in [0, 0.1) is 0 Å². The summed E-state index contributed by atoms with van der Waals surface area (Å²) in [6, 6.07) is 0. The third kappa shape index (κ3) is 1.92. The number of rotatable bonds is 3. The van der Waals surface area contributed by atoms with Crippen LogP contribution in [0.3, 0.4) is 0 Å². The van der Waals surface area contributed by atoms with Gasteiger partial charge in [-0.1, -0.05) is 0 Å². The van der Waals surface area contributed by atoms with Crippen molar-refractivity contribution in [3.63, 3.8) is 0 Å². The van der Waals surface area contributed by atoms with Gasteiger partial charge >= 0.3 is 0 Å². The minimum absolute atomic E-state index is 0.216. The molecule has 0 aromatic heterocycles. The van der Waals surface area contributed by atoms with E-state index < -0.39 is 0 Å². The van der Waals surface area contributed by atoms with E-state index in [2.05, 4.69) is 0 Å². The average Bonchev–Trinajstić information content (AvgIpc) is 2.33. The SMILES string of the molecule is NC1(CCCF)CCOC1. The minimum Gasteiger partial charge on any atom is -0.379 e. The molecular formula is C7H14FNO. The molecule has 3 heteroatoms. The third-order valence-corrected chi connectivity index (χ3v) is 1.94. The van der Waals surface area contributed by atoms with Crippen LogP contribution in [0.25, 0.3) is 0 Å². The zero-order chi connectivity index (χ0) is 7.45. The molecule has 0 amide bonds. The van der Waals surface area contributed by atoms with Crippen LogP contribution >= 0.6 is 0 Å². The van der Waals surface area contributed by atoms with E-state index in [1.807, 2.05) is 0 Å². The molecule has 0 aromatic carbocycles. The van der Waals surface area contributed by atoms with Gasteiger partial charge in [-0.15, -0.1) is 0 Å². The summed E-state index contributed by atoms with van der Waals surface area (Å²) >= 11 is 0. The van der Waals surface area contributed by atoms with Crippen molar-refractivity contribution in [3.8, 4) is 0 Å². The zero-order valence-corrected chi connectivity index (χ0v) is 6.11. The fourth-order valence-corrected chi connectivity index (χ4v) is 1.24. The lowest BCUT2D eigenvalue weighted by Gasteiger charge is -2.20. The number of nitrogens with two attached hydrogens (primary N) is 1. The van der Waals surface area contributed by atoms with Gasteiger partial charge in [0.1, 0.15) is 0 Å². The van der Waals surface area contributed by atoms with Crippen molar-refractivity contribution in [2.24, 2.45) is 5.73 Å². The molecule has 0 bridgehead atoms. The highest BCUT2D eigenvalue weighted by atomic mass is 19.1. The van der Waals surface area contributed by atoms with Gasteiger partial charge in [-0.05, 0) is 19.3 Å². The van der Waals surface area contributed by atoms with Gasteiger partial charge in [0, 0.05) is 12.1 Å². The van der Waals surface area contributed by atoms with Crippen molar-refractivity contribution >= 4 is 0 Å². The molecule has 1 aliphatic heterocycles. The Labute approximate surface area is 60.5 Å². The maximum absolute atomic E-state index is 11.7. The predicted molar refractivity (Wildman–Crippen MR) is 37.6 cm³/mol. The smallest absolute Gasteiger partial charge is 0.0895 e. The summed E-state index contributed by atoms with van der Waals surface area (Å²) in [5.74, 6) is 0. The lowest BCUT2D eigenvalue weighted by Crippen LogP contribution is -2.40. The van der Waals surface area contributed by atoms with Crippen molar-refractivity contribution in [1.82, 2.24) is 0 Å². The van der Waals surface area contributed by atoms with Gasteiger partial charge < -0.3 is 10.5 Å². The number of halogens is 1. The van der Waals surface area contributed by atoms with Crippen LogP contribution < -0.4 is 5.73 Å². The number of ether oxygens (including phenoxy) is 1. The van der Waals surface area contributed by atoms with E-state index in [0.717, 1.165) is 19.4 Å². The van der Waals surface area contributed by atoms with Crippen LogP contribution in [0.15, 0.2) is 0 Å². The molecule has 1 unspecified atom stereocenters. The van der Waals surface area contributed by atoms with Gasteiger partial charge in [0.25, 0.3) is 0 Å². The highest BCUT2D eigenvalue weighted by Gasteiger charge is 2.29. The quantitative estimate of drug-likeness (QED) is 0.642. The Bertz CT molecular complexity index is 102. The van der Waals surface area contributed by atoms with E-state index in [1.165, 1.54) is 0 Å². The van der Waals surface area contributed by atoms with Crippen molar-refractivity contribution in [2.75, 3.05) is 19.9 Å². The lowest BCUT2D eigenvalue weighted by molar-refractivity contribution is 0.174. The standard InChI is InChI=1S/C7H14FNO/c8-4-1-2-7(9)3-5-10-6-7/h1-6,9H2. The molecule has 2 nitrogen and oxygen atoms in total. The first-order chi connectivity index (χ1) is 4.77. The Morgan fingerprint density at radius 3 is 2.90 bits per heavy atom. The summed E-state index contributed by atoms with van der Waals surface area (Å²) in [6.45, 7) is 1.08. The molecule has 1 saturated heterocycles. The van der Waals surface area contributed by atoms with E-state index >= 15 is 0 Å². The van der Waals surface area contributed by atoms with Gasteiger partial charge in [-0.25, -0.2) is 0 Å². The second-order valence-corrected chi connectivity index (χ2v) is 2.96. The van der Waals surface area contributed by atoms with Crippen LogP contribution in [0.2, 0.25) is 0 Å². The first-order valence-corrected chi connectivity index (χ1v) is 3.69. The molecule has 10 heavy (non-hydrogen) atoms. The normalized spacial score (nSPS) is 33.0. The number of hydrogen-bond acceptors (Lipinski definition) is 2. The molecule has 2 N–H and O–H groups in total. The molecule has 1 aliphatic rings. The summed E-state index contributed by atoms with van der Waals surface area (Å²) < 4.78 is 16.8. The van der Waals surface area contributed by atoms with Gasteiger partial charge in [-0.2, -0.15) is 0 Å². The zero-order valence-electron chi connectivity index (χ0n) is 6.11. The first kappa shape index (κ1) is 7.95. The predicted octanol–water partition coefficient (Wildman–Crippen LogP) is 0.854. The Hall–Kier alpha value is -0.150. The molecule has 0 radical (unpaired) electrons. The van der Waals surface area contributed by atoms with Crippen LogP contribution in [0.4, 0.5) is 4.39 Å². The van der Waals surface area contributed by atoms with E-state index in [9.17, 15) is 4.39 Å². The van der Waals surface area contributed by atoms with Gasteiger partial charge in [0.15, 0.2) is 0 Å². The fourth-order valence-electron chi connectivity index (χ4n) is 1.24. The van der Waals surface area contributed by atoms with Gasteiger partial charge in [-0.3, -0.25) is 4.39 Å². The van der Waals surface area contributed by atoms with E-state index in [4.69, 9.17) is 10.5 Å². The molecule has 0 spiro atoms. The highest BCUT2D eigenvalue weighted by molar-refractivity contribution is 4.87. The number of hydrogen-bond donors (Lipinski definition) is 1. The molecule has 1 rings (SSSR count). The average molecular weight is 147 g/mol. The fraction of sp³-hybridized carbons (Fsp3) is 1.00. The van der Waals surface area contributed by atoms with E-state index in [-0.39, 0.29) is 12.2 Å². The highest BCUT2D eigenvalue weighted by Crippen LogP contribution is 2.20. The summed E-state index contributed by atoms with van der Waals surface area (Å²) in [6.07, 6.45) is 2.20. The summed E-state index contributed by atoms with van der Waals surface area (Å²) in [4.78, 5) is 0. The Kier molecular flexibility index (Phi) is 2.63. The Balaban J connectivity index is 2.22. The minimum atomic E-state index is -0.265. The Morgan fingerprint density at radius 2 is 2.40 bits per heavy atom. The van der Waals surface area contributed by atoms with Crippen molar-refractivity contribution in [2.45, 2.75) is 24.8 Å². The summed E-state index contributed by atoms with van der Waals surface area (Å²) in [5.41, 5.74) is 5.64. The lowest BCUT2D eigenvalue weighted by atomic mass is 9.94. The number of alkyl halides is 1. The third-order valence-electron chi connectivity index (χ3n) is 1.94. The van der Waals surface area contributed by atoms with Gasteiger partial charge in [0.2, 0.25) is 0 Å². The van der Waals surface area contributed by atoms with Crippen molar-refractivity contribution in [3.05, 3.63) is 0 Å². The molecule has 0 saturated carbocycles. The molecule has 1 fully saturated rings. The second-order valence-electron chi connectivity index (χ2n) is 2.96. The van der Waals surface area contributed by atoms with Crippen molar-refractivity contribution in [1.29, 1.82) is 0 Å². The molecular weight excluding hydrogens is 133 g/mol. The van der Waals surface area contributed by atoms with Gasteiger partial charge in [0.05, 0.1) is 13.3 Å². The first-order valence-electron chi connectivity index (χ1n) is 3.69. The molecule has 60 valence electrons.